The number of amides is 3. The average Bonchev–Trinajstić information content (AvgIpc) is 3.09. The van der Waals surface area contributed by atoms with Crippen molar-refractivity contribution in [1.29, 1.82) is 0 Å². The molecule has 6 nitrogen and oxygen atoms in total. The lowest BCUT2D eigenvalue weighted by Crippen LogP contribution is -2.28. The van der Waals surface area contributed by atoms with Gasteiger partial charge in [-0.05, 0) is 42.3 Å². The standard InChI is InChI=1S/C22H25N3O3/c1-4-15-8-10-19(11-9-15)25-14-17(13-20(25)26)21(27)23-18-7-5-6-16(12-18)22(28)24(2)3/h5-12,17H,4,13-14H2,1-3H3,(H,23,27). The Morgan fingerprint density at radius 3 is 2.50 bits per heavy atom. The minimum atomic E-state index is -0.424. The number of aryl methyl sites for hydroxylation is 1. The molecule has 1 unspecified atom stereocenters. The molecule has 2 aromatic carbocycles. The van der Waals surface area contributed by atoms with E-state index in [-0.39, 0.29) is 24.1 Å². The molecule has 0 radical (unpaired) electrons. The van der Waals surface area contributed by atoms with Gasteiger partial charge in [0.25, 0.3) is 5.91 Å². The second-order valence-corrected chi connectivity index (χ2v) is 7.20. The molecule has 1 fully saturated rings. The monoisotopic (exact) mass is 379 g/mol. The van der Waals surface area contributed by atoms with E-state index >= 15 is 0 Å². The molecule has 0 spiro atoms. The van der Waals surface area contributed by atoms with Gasteiger partial charge in [-0.1, -0.05) is 25.1 Å². The number of benzene rings is 2. The molecular weight excluding hydrogens is 354 g/mol. The predicted molar refractivity (Wildman–Crippen MR) is 109 cm³/mol. The van der Waals surface area contributed by atoms with Crippen molar-refractivity contribution in [2.45, 2.75) is 19.8 Å². The van der Waals surface area contributed by atoms with Gasteiger partial charge in [0.2, 0.25) is 11.8 Å². The molecule has 0 aliphatic carbocycles. The van der Waals surface area contributed by atoms with E-state index in [1.807, 2.05) is 24.3 Å². The maximum Gasteiger partial charge on any atom is 0.253 e. The van der Waals surface area contributed by atoms with Crippen LogP contribution in [0.1, 0.15) is 29.3 Å². The average molecular weight is 379 g/mol. The zero-order chi connectivity index (χ0) is 20.3. The Kier molecular flexibility index (Phi) is 5.78. The molecule has 1 aliphatic heterocycles. The Morgan fingerprint density at radius 2 is 1.86 bits per heavy atom. The summed E-state index contributed by atoms with van der Waals surface area (Å²) in [6, 6.07) is 14.7. The Hall–Kier alpha value is -3.15. The fourth-order valence-corrected chi connectivity index (χ4v) is 3.28. The summed E-state index contributed by atoms with van der Waals surface area (Å²) in [5.41, 5.74) is 3.08. The van der Waals surface area contributed by atoms with Gasteiger partial charge in [-0.25, -0.2) is 0 Å². The van der Waals surface area contributed by atoms with Gasteiger partial charge in [-0.3, -0.25) is 14.4 Å². The fourth-order valence-electron chi connectivity index (χ4n) is 3.28. The van der Waals surface area contributed by atoms with E-state index in [1.54, 1.807) is 43.3 Å². The van der Waals surface area contributed by atoms with E-state index in [4.69, 9.17) is 0 Å². The molecular formula is C22H25N3O3. The van der Waals surface area contributed by atoms with Crippen LogP contribution < -0.4 is 10.2 Å². The van der Waals surface area contributed by atoms with Crippen LogP contribution in [0.2, 0.25) is 0 Å². The maximum absolute atomic E-state index is 12.7. The zero-order valence-corrected chi connectivity index (χ0v) is 16.4. The van der Waals surface area contributed by atoms with Gasteiger partial charge >= 0.3 is 0 Å². The van der Waals surface area contributed by atoms with Crippen LogP contribution in [0.4, 0.5) is 11.4 Å². The summed E-state index contributed by atoms with van der Waals surface area (Å²) in [5, 5.41) is 2.84. The number of hydrogen-bond donors (Lipinski definition) is 1. The molecule has 1 saturated heterocycles. The number of rotatable bonds is 5. The minimum absolute atomic E-state index is 0.0547. The Morgan fingerprint density at radius 1 is 1.14 bits per heavy atom. The van der Waals surface area contributed by atoms with Crippen molar-refractivity contribution in [2.75, 3.05) is 30.9 Å². The van der Waals surface area contributed by atoms with Gasteiger partial charge in [0.05, 0.1) is 5.92 Å². The Bertz CT molecular complexity index is 890. The third-order valence-electron chi connectivity index (χ3n) is 4.94. The van der Waals surface area contributed by atoms with E-state index in [9.17, 15) is 14.4 Å². The highest BCUT2D eigenvalue weighted by Gasteiger charge is 2.35. The first-order chi connectivity index (χ1) is 13.4. The Labute approximate surface area is 165 Å². The van der Waals surface area contributed by atoms with Crippen molar-refractivity contribution < 1.29 is 14.4 Å². The molecule has 3 amide bonds. The van der Waals surface area contributed by atoms with E-state index in [0.29, 0.717) is 17.8 Å². The van der Waals surface area contributed by atoms with Crippen LogP contribution in [0.25, 0.3) is 0 Å². The van der Waals surface area contributed by atoms with Crippen LogP contribution in [0.5, 0.6) is 0 Å². The number of carbonyl (C=O) groups is 3. The second kappa shape index (κ2) is 8.25. The van der Waals surface area contributed by atoms with Crippen molar-refractivity contribution >= 4 is 29.1 Å². The highest BCUT2D eigenvalue weighted by atomic mass is 16.2. The molecule has 3 rings (SSSR count). The van der Waals surface area contributed by atoms with E-state index in [2.05, 4.69) is 12.2 Å². The fraction of sp³-hybridized carbons (Fsp3) is 0.318. The summed E-state index contributed by atoms with van der Waals surface area (Å²) < 4.78 is 0. The molecule has 1 N–H and O–H groups in total. The van der Waals surface area contributed by atoms with Crippen molar-refractivity contribution in [3.05, 3.63) is 59.7 Å². The van der Waals surface area contributed by atoms with Crippen LogP contribution in [0, 0.1) is 5.92 Å². The van der Waals surface area contributed by atoms with Crippen LogP contribution in [-0.2, 0) is 16.0 Å². The smallest absolute Gasteiger partial charge is 0.253 e. The number of hydrogen-bond acceptors (Lipinski definition) is 3. The number of nitrogens with zero attached hydrogens (tertiary/aromatic N) is 2. The number of anilines is 2. The first-order valence-electron chi connectivity index (χ1n) is 9.41. The van der Waals surface area contributed by atoms with Crippen LogP contribution in [0.15, 0.2) is 48.5 Å². The summed E-state index contributed by atoms with van der Waals surface area (Å²) in [5.74, 6) is -0.822. The lowest BCUT2D eigenvalue weighted by Gasteiger charge is -2.17. The summed E-state index contributed by atoms with van der Waals surface area (Å²) >= 11 is 0. The predicted octanol–water partition coefficient (Wildman–Crippen LogP) is 2.94. The van der Waals surface area contributed by atoms with Gasteiger partial charge in [-0.2, -0.15) is 0 Å². The van der Waals surface area contributed by atoms with Crippen LogP contribution in [0.3, 0.4) is 0 Å². The van der Waals surface area contributed by atoms with Gasteiger partial charge < -0.3 is 15.1 Å². The summed E-state index contributed by atoms with van der Waals surface area (Å²) in [6.07, 6.45) is 1.12. The van der Waals surface area contributed by atoms with Crippen molar-refractivity contribution in [2.24, 2.45) is 5.92 Å². The van der Waals surface area contributed by atoms with Gasteiger partial charge in [0, 0.05) is 44.0 Å². The summed E-state index contributed by atoms with van der Waals surface area (Å²) in [7, 11) is 3.36. The van der Waals surface area contributed by atoms with Gasteiger partial charge in [-0.15, -0.1) is 0 Å². The number of nitrogens with one attached hydrogen (secondary N) is 1. The molecule has 6 heteroatoms. The zero-order valence-electron chi connectivity index (χ0n) is 16.4. The highest BCUT2D eigenvalue weighted by Crippen LogP contribution is 2.26. The third-order valence-corrected chi connectivity index (χ3v) is 4.94. The molecule has 0 aromatic heterocycles. The Balaban J connectivity index is 1.68. The molecule has 28 heavy (non-hydrogen) atoms. The van der Waals surface area contributed by atoms with Gasteiger partial charge in [0.1, 0.15) is 0 Å². The third kappa shape index (κ3) is 4.22. The summed E-state index contributed by atoms with van der Waals surface area (Å²) in [4.78, 5) is 40.3. The van der Waals surface area contributed by atoms with E-state index in [1.165, 1.54) is 10.5 Å². The normalized spacial score (nSPS) is 16.2. The molecule has 1 atom stereocenters. The molecule has 1 aliphatic rings. The summed E-state index contributed by atoms with van der Waals surface area (Å²) in [6.45, 7) is 2.43. The van der Waals surface area contributed by atoms with Crippen molar-refractivity contribution in [3.8, 4) is 0 Å². The number of carbonyl (C=O) groups excluding carboxylic acids is 3. The first kappa shape index (κ1) is 19.6. The SMILES string of the molecule is CCc1ccc(N2CC(C(=O)Nc3cccc(C(=O)N(C)C)c3)CC2=O)cc1. The topological polar surface area (TPSA) is 69.7 Å². The van der Waals surface area contributed by atoms with Gasteiger partial charge in [0.15, 0.2) is 0 Å². The lowest BCUT2D eigenvalue weighted by atomic mass is 10.1. The second-order valence-electron chi connectivity index (χ2n) is 7.20. The molecule has 0 saturated carbocycles. The molecule has 0 bridgehead atoms. The lowest BCUT2D eigenvalue weighted by molar-refractivity contribution is -0.122. The van der Waals surface area contributed by atoms with Crippen molar-refractivity contribution in [3.63, 3.8) is 0 Å². The van der Waals surface area contributed by atoms with Crippen molar-refractivity contribution in [1.82, 2.24) is 4.90 Å². The van der Waals surface area contributed by atoms with E-state index < -0.39 is 5.92 Å². The largest absolute Gasteiger partial charge is 0.345 e. The maximum atomic E-state index is 12.7. The quantitative estimate of drug-likeness (QED) is 0.868. The highest BCUT2D eigenvalue weighted by molar-refractivity contribution is 6.04. The van der Waals surface area contributed by atoms with Crippen LogP contribution in [-0.4, -0.2) is 43.3 Å². The first-order valence-corrected chi connectivity index (χ1v) is 9.41. The minimum Gasteiger partial charge on any atom is -0.345 e. The molecule has 2 aromatic rings. The van der Waals surface area contributed by atoms with Crippen LogP contribution >= 0.6 is 0 Å². The molecule has 1 heterocycles. The van der Waals surface area contributed by atoms with E-state index in [0.717, 1.165) is 12.1 Å². The molecule has 146 valence electrons.